The number of aromatic nitrogens is 2. The van der Waals surface area contributed by atoms with E-state index < -0.39 is 0 Å². The lowest BCUT2D eigenvalue weighted by Crippen LogP contribution is -2.15. The molecule has 5 heteroatoms. The third kappa shape index (κ3) is 2.03. The molecular formula is C17H13ClFN3. The highest BCUT2D eigenvalue weighted by Gasteiger charge is 2.24. The number of hydrogen-bond donors (Lipinski definition) is 0. The highest BCUT2D eigenvalue weighted by Crippen LogP contribution is 2.38. The molecule has 3 nitrogen and oxygen atoms in total. The van der Waals surface area contributed by atoms with E-state index in [0.29, 0.717) is 0 Å². The Balaban J connectivity index is 1.92. The van der Waals surface area contributed by atoms with Crippen molar-refractivity contribution < 1.29 is 4.39 Å². The number of rotatable bonds is 1. The largest absolute Gasteiger partial charge is 0.325 e. The van der Waals surface area contributed by atoms with Gasteiger partial charge in [0, 0.05) is 17.6 Å². The van der Waals surface area contributed by atoms with Gasteiger partial charge in [-0.1, -0.05) is 23.2 Å². The van der Waals surface area contributed by atoms with E-state index in [1.807, 2.05) is 19.1 Å². The quantitative estimate of drug-likeness (QED) is 0.665. The van der Waals surface area contributed by atoms with Crippen molar-refractivity contribution in [2.24, 2.45) is 0 Å². The van der Waals surface area contributed by atoms with Gasteiger partial charge >= 0.3 is 0 Å². The van der Waals surface area contributed by atoms with Crippen molar-refractivity contribution in [2.45, 2.75) is 13.3 Å². The van der Waals surface area contributed by atoms with Crippen LogP contribution in [0.2, 0.25) is 5.02 Å². The summed E-state index contributed by atoms with van der Waals surface area (Å²) in [5.41, 5.74) is 3.94. The fourth-order valence-electron chi connectivity index (χ4n) is 2.97. The molecule has 3 aromatic rings. The highest BCUT2D eigenvalue weighted by atomic mass is 35.5. The number of fused-ring (bicyclic) bond motifs is 2. The Hall–Kier alpha value is -2.20. The molecule has 0 bridgehead atoms. The molecule has 0 spiro atoms. The van der Waals surface area contributed by atoms with Gasteiger partial charge in [0.25, 0.3) is 0 Å². The lowest BCUT2D eigenvalue weighted by molar-refractivity contribution is 0.627. The first-order valence-corrected chi connectivity index (χ1v) is 7.48. The zero-order valence-corrected chi connectivity index (χ0v) is 12.7. The van der Waals surface area contributed by atoms with Crippen LogP contribution in [0.4, 0.5) is 15.9 Å². The van der Waals surface area contributed by atoms with Gasteiger partial charge in [-0.05, 0) is 43.2 Å². The Labute approximate surface area is 132 Å². The van der Waals surface area contributed by atoms with Crippen molar-refractivity contribution in [3.63, 3.8) is 0 Å². The van der Waals surface area contributed by atoms with E-state index in [-0.39, 0.29) is 10.8 Å². The molecule has 22 heavy (non-hydrogen) atoms. The molecule has 0 radical (unpaired) electrons. The monoisotopic (exact) mass is 313 g/mol. The summed E-state index contributed by atoms with van der Waals surface area (Å²) >= 11 is 5.95. The van der Waals surface area contributed by atoms with E-state index in [9.17, 15) is 4.39 Å². The summed E-state index contributed by atoms with van der Waals surface area (Å²) in [6.07, 6.45) is 2.34. The maximum Gasteiger partial charge on any atom is 0.144 e. The van der Waals surface area contributed by atoms with E-state index in [1.54, 1.807) is 12.4 Å². The second-order valence-corrected chi connectivity index (χ2v) is 5.92. The topological polar surface area (TPSA) is 29.0 Å². The maximum absolute atomic E-state index is 13.6. The molecule has 0 atom stereocenters. The average Bonchev–Trinajstić information content (AvgIpc) is 2.90. The lowest BCUT2D eigenvalue weighted by Gasteiger charge is -2.20. The van der Waals surface area contributed by atoms with Gasteiger partial charge < -0.3 is 4.90 Å². The SMILES string of the molecule is Cc1ccc2ncnc(N3CCc4cc(F)c(Cl)cc43)c2c1. The standard InChI is InChI=1S/C17H13ClFN3/c1-10-2-3-15-12(6-10)17(21-9-20-15)22-5-4-11-7-14(19)13(18)8-16(11)22/h2-3,6-9H,4-5H2,1H3. The van der Waals surface area contributed by atoms with Gasteiger partial charge in [-0.2, -0.15) is 0 Å². The van der Waals surface area contributed by atoms with Crippen LogP contribution >= 0.6 is 11.6 Å². The van der Waals surface area contributed by atoms with Crippen LogP contribution in [0.25, 0.3) is 10.9 Å². The fourth-order valence-corrected chi connectivity index (χ4v) is 3.13. The summed E-state index contributed by atoms with van der Waals surface area (Å²) in [6.45, 7) is 2.80. The van der Waals surface area contributed by atoms with Crippen molar-refractivity contribution in [3.05, 3.63) is 58.6 Å². The second kappa shape index (κ2) is 4.92. The Morgan fingerprint density at radius 2 is 2.05 bits per heavy atom. The van der Waals surface area contributed by atoms with Crippen molar-refractivity contribution in [2.75, 3.05) is 11.4 Å². The Bertz CT molecular complexity index is 894. The van der Waals surface area contributed by atoms with Crippen molar-refractivity contribution in [1.29, 1.82) is 0 Å². The Morgan fingerprint density at radius 1 is 1.18 bits per heavy atom. The summed E-state index contributed by atoms with van der Waals surface area (Å²) in [5.74, 6) is 0.473. The Morgan fingerprint density at radius 3 is 2.91 bits per heavy atom. The van der Waals surface area contributed by atoms with E-state index in [1.165, 1.54) is 6.07 Å². The third-order valence-electron chi connectivity index (χ3n) is 4.04. The smallest absolute Gasteiger partial charge is 0.144 e. The molecule has 0 unspecified atom stereocenters. The normalized spacial score (nSPS) is 13.7. The fraction of sp³-hybridized carbons (Fsp3) is 0.176. The molecule has 0 aliphatic carbocycles. The van der Waals surface area contributed by atoms with Gasteiger partial charge in [0.15, 0.2) is 0 Å². The number of aryl methyl sites for hydroxylation is 1. The van der Waals surface area contributed by atoms with Gasteiger partial charge in [-0.25, -0.2) is 14.4 Å². The third-order valence-corrected chi connectivity index (χ3v) is 4.33. The average molecular weight is 314 g/mol. The van der Waals surface area contributed by atoms with Crippen molar-refractivity contribution >= 4 is 34.0 Å². The maximum atomic E-state index is 13.6. The minimum atomic E-state index is -0.370. The highest BCUT2D eigenvalue weighted by molar-refractivity contribution is 6.31. The molecule has 4 rings (SSSR count). The molecule has 2 heterocycles. The van der Waals surface area contributed by atoms with Crippen molar-refractivity contribution in [3.8, 4) is 0 Å². The number of benzene rings is 2. The van der Waals surface area contributed by atoms with Crippen LogP contribution in [0.3, 0.4) is 0 Å². The summed E-state index contributed by atoms with van der Waals surface area (Å²) in [6, 6.07) is 9.30. The van der Waals surface area contributed by atoms with Gasteiger partial charge in [-0.3, -0.25) is 0 Å². The van der Waals surface area contributed by atoms with Gasteiger partial charge in [0.05, 0.1) is 10.5 Å². The van der Waals surface area contributed by atoms with Crippen molar-refractivity contribution in [1.82, 2.24) is 9.97 Å². The number of anilines is 2. The van der Waals surface area contributed by atoms with Crippen LogP contribution in [0.1, 0.15) is 11.1 Å². The van der Waals surface area contributed by atoms with Crippen LogP contribution < -0.4 is 4.90 Å². The molecule has 1 aliphatic rings. The van der Waals surface area contributed by atoms with E-state index in [4.69, 9.17) is 11.6 Å². The van der Waals surface area contributed by atoms with Crippen LogP contribution in [0, 0.1) is 12.7 Å². The first-order valence-electron chi connectivity index (χ1n) is 7.10. The van der Waals surface area contributed by atoms with E-state index in [0.717, 1.165) is 46.5 Å². The number of hydrogen-bond acceptors (Lipinski definition) is 3. The molecule has 1 aromatic heterocycles. The van der Waals surface area contributed by atoms with E-state index in [2.05, 4.69) is 20.9 Å². The summed E-state index contributed by atoms with van der Waals surface area (Å²) in [4.78, 5) is 10.9. The summed E-state index contributed by atoms with van der Waals surface area (Å²) in [7, 11) is 0. The van der Waals surface area contributed by atoms with Crippen LogP contribution in [-0.4, -0.2) is 16.5 Å². The molecule has 0 N–H and O–H groups in total. The first-order chi connectivity index (χ1) is 10.6. The summed E-state index contributed by atoms with van der Waals surface area (Å²) in [5, 5.41) is 1.14. The van der Waals surface area contributed by atoms with Gasteiger partial charge in [-0.15, -0.1) is 0 Å². The molecule has 0 saturated heterocycles. The molecule has 0 amide bonds. The van der Waals surface area contributed by atoms with E-state index >= 15 is 0 Å². The molecule has 2 aromatic carbocycles. The second-order valence-electron chi connectivity index (χ2n) is 5.51. The number of halogens is 2. The zero-order valence-electron chi connectivity index (χ0n) is 12.0. The molecule has 0 fully saturated rings. The molecule has 0 saturated carbocycles. The lowest BCUT2D eigenvalue weighted by atomic mass is 10.1. The zero-order chi connectivity index (χ0) is 15.3. The molecule has 1 aliphatic heterocycles. The minimum Gasteiger partial charge on any atom is -0.325 e. The Kier molecular flexibility index (Phi) is 3.01. The minimum absolute atomic E-state index is 0.139. The van der Waals surface area contributed by atoms with Crippen LogP contribution in [0.5, 0.6) is 0 Å². The molecule has 110 valence electrons. The number of nitrogens with zero attached hydrogens (tertiary/aromatic N) is 3. The predicted octanol–water partition coefficient (Wildman–Crippen LogP) is 4.42. The molecular weight excluding hydrogens is 301 g/mol. The van der Waals surface area contributed by atoms with Crippen LogP contribution in [-0.2, 0) is 6.42 Å². The van der Waals surface area contributed by atoms with Gasteiger partial charge in [0.2, 0.25) is 0 Å². The summed E-state index contributed by atoms with van der Waals surface area (Å²) < 4.78 is 13.6. The van der Waals surface area contributed by atoms with Gasteiger partial charge in [0.1, 0.15) is 18.0 Å². The predicted molar refractivity (Wildman–Crippen MR) is 86.4 cm³/mol. The first kappa shape index (κ1) is 13.5. The van der Waals surface area contributed by atoms with Crippen LogP contribution in [0.15, 0.2) is 36.7 Å².